The van der Waals surface area contributed by atoms with E-state index < -0.39 is 0 Å². The molecule has 0 aliphatic heterocycles. The van der Waals surface area contributed by atoms with Gasteiger partial charge in [0.25, 0.3) is 5.56 Å². The maximum Gasteiger partial charge on any atom is 0.251 e. The first-order valence-electron chi connectivity index (χ1n) is 5.63. The van der Waals surface area contributed by atoms with Crippen LogP contribution in [0.2, 0.25) is 0 Å². The minimum Gasteiger partial charge on any atom is -0.311 e. The largest absolute Gasteiger partial charge is 0.311 e. The number of H-pyrrole nitrogens is 1. The summed E-state index contributed by atoms with van der Waals surface area (Å²) in [5.74, 6) is 0.644. The number of nitrogens with zero attached hydrogens (tertiary/aromatic N) is 1. The summed E-state index contributed by atoms with van der Waals surface area (Å²) >= 11 is 0. The fraction of sp³-hybridized carbons (Fsp3) is 0.286. The lowest BCUT2D eigenvalue weighted by Crippen LogP contribution is -2.09. The topological polar surface area (TPSA) is 45.8 Å². The highest BCUT2D eigenvalue weighted by Gasteiger charge is 2.07. The average Bonchev–Trinajstić information content (AvgIpc) is 2.22. The molecule has 0 aliphatic carbocycles. The van der Waals surface area contributed by atoms with Crippen molar-refractivity contribution in [3.63, 3.8) is 0 Å². The standard InChI is InChI=1S/C14H16N2O/c1-8-5-10(3)12(6-9(8)2)13-7-14(17)16-11(4)15-13/h5-7H,1-4H3,(H,15,16,17). The van der Waals surface area contributed by atoms with Crippen LogP contribution in [-0.2, 0) is 0 Å². The zero-order valence-corrected chi connectivity index (χ0v) is 10.6. The lowest BCUT2D eigenvalue weighted by atomic mass is 9.99. The molecule has 0 amide bonds. The zero-order valence-electron chi connectivity index (χ0n) is 10.6. The number of benzene rings is 1. The van der Waals surface area contributed by atoms with Crippen molar-refractivity contribution < 1.29 is 0 Å². The van der Waals surface area contributed by atoms with E-state index in [1.807, 2.05) is 6.92 Å². The highest BCUT2D eigenvalue weighted by atomic mass is 16.1. The number of rotatable bonds is 1. The van der Waals surface area contributed by atoms with Gasteiger partial charge in [0.1, 0.15) is 5.82 Å². The van der Waals surface area contributed by atoms with Crippen molar-refractivity contribution >= 4 is 0 Å². The summed E-state index contributed by atoms with van der Waals surface area (Å²) in [7, 11) is 0. The van der Waals surface area contributed by atoms with Crippen molar-refractivity contribution in [2.45, 2.75) is 27.7 Å². The molecule has 1 aromatic carbocycles. The van der Waals surface area contributed by atoms with Gasteiger partial charge >= 0.3 is 0 Å². The summed E-state index contributed by atoms with van der Waals surface area (Å²) in [6.45, 7) is 7.99. The third-order valence-electron chi connectivity index (χ3n) is 2.98. The van der Waals surface area contributed by atoms with E-state index in [1.165, 1.54) is 11.1 Å². The van der Waals surface area contributed by atoms with Crippen molar-refractivity contribution in [1.82, 2.24) is 9.97 Å². The number of aromatic amines is 1. The fourth-order valence-electron chi connectivity index (χ4n) is 1.95. The summed E-state index contributed by atoms with van der Waals surface area (Å²) in [4.78, 5) is 18.5. The summed E-state index contributed by atoms with van der Waals surface area (Å²) in [5, 5.41) is 0. The number of nitrogens with one attached hydrogen (secondary N) is 1. The van der Waals surface area contributed by atoms with E-state index in [9.17, 15) is 4.79 Å². The second-order valence-electron chi connectivity index (χ2n) is 4.47. The zero-order chi connectivity index (χ0) is 12.6. The third-order valence-corrected chi connectivity index (χ3v) is 2.98. The Kier molecular flexibility index (Phi) is 2.84. The highest BCUT2D eigenvalue weighted by molar-refractivity contribution is 5.65. The first-order chi connectivity index (χ1) is 7.97. The van der Waals surface area contributed by atoms with Crippen molar-refractivity contribution in [3.05, 3.63) is 51.1 Å². The van der Waals surface area contributed by atoms with Gasteiger partial charge in [0, 0.05) is 11.6 Å². The van der Waals surface area contributed by atoms with Gasteiger partial charge in [-0.1, -0.05) is 6.07 Å². The summed E-state index contributed by atoms with van der Waals surface area (Å²) in [5.41, 5.74) is 5.28. The molecule has 0 aliphatic rings. The molecule has 17 heavy (non-hydrogen) atoms. The van der Waals surface area contributed by atoms with Crippen LogP contribution in [0.1, 0.15) is 22.5 Å². The molecule has 0 fully saturated rings. The molecule has 0 radical (unpaired) electrons. The first kappa shape index (κ1) is 11.6. The fourth-order valence-corrected chi connectivity index (χ4v) is 1.95. The molecule has 0 atom stereocenters. The summed E-state index contributed by atoms with van der Waals surface area (Å²) < 4.78 is 0. The Hall–Kier alpha value is -1.90. The molecule has 2 aromatic rings. The predicted octanol–water partition coefficient (Wildman–Crippen LogP) is 2.67. The van der Waals surface area contributed by atoms with Crippen LogP contribution in [-0.4, -0.2) is 9.97 Å². The maximum atomic E-state index is 11.5. The van der Waals surface area contributed by atoms with E-state index >= 15 is 0 Å². The number of aryl methyl sites for hydroxylation is 4. The maximum absolute atomic E-state index is 11.5. The molecule has 3 nitrogen and oxygen atoms in total. The van der Waals surface area contributed by atoms with Crippen LogP contribution in [0.5, 0.6) is 0 Å². The van der Waals surface area contributed by atoms with Gasteiger partial charge in [-0.2, -0.15) is 0 Å². The van der Waals surface area contributed by atoms with Crippen molar-refractivity contribution in [3.8, 4) is 11.3 Å². The SMILES string of the molecule is Cc1nc(-c2cc(C)c(C)cc2C)cc(=O)[nH]1. The van der Waals surface area contributed by atoms with E-state index in [2.05, 4.69) is 35.9 Å². The molecule has 1 aromatic heterocycles. The lowest BCUT2D eigenvalue weighted by molar-refractivity contribution is 1.02. The molecular formula is C14H16N2O. The van der Waals surface area contributed by atoms with Crippen molar-refractivity contribution in [2.75, 3.05) is 0 Å². The van der Waals surface area contributed by atoms with Gasteiger partial charge in [-0.05, 0) is 50.5 Å². The van der Waals surface area contributed by atoms with Crippen LogP contribution < -0.4 is 5.56 Å². The van der Waals surface area contributed by atoms with Crippen molar-refractivity contribution in [1.29, 1.82) is 0 Å². The number of hydrogen-bond acceptors (Lipinski definition) is 2. The van der Waals surface area contributed by atoms with Gasteiger partial charge in [0.05, 0.1) is 5.69 Å². The predicted molar refractivity (Wildman–Crippen MR) is 69.2 cm³/mol. The van der Waals surface area contributed by atoms with E-state index in [0.29, 0.717) is 5.82 Å². The highest BCUT2D eigenvalue weighted by Crippen LogP contribution is 2.23. The van der Waals surface area contributed by atoms with Gasteiger partial charge in [0.15, 0.2) is 0 Å². The molecule has 0 saturated heterocycles. The van der Waals surface area contributed by atoms with Gasteiger partial charge < -0.3 is 4.98 Å². The van der Waals surface area contributed by atoms with Crippen molar-refractivity contribution in [2.24, 2.45) is 0 Å². The summed E-state index contributed by atoms with van der Waals surface area (Å²) in [6.07, 6.45) is 0. The Labute approximate surface area is 101 Å². The average molecular weight is 228 g/mol. The quantitative estimate of drug-likeness (QED) is 0.815. The van der Waals surface area contributed by atoms with E-state index in [1.54, 1.807) is 13.0 Å². The van der Waals surface area contributed by atoms with E-state index in [0.717, 1.165) is 16.8 Å². The lowest BCUT2D eigenvalue weighted by Gasteiger charge is -2.09. The van der Waals surface area contributed by atoms with Crippen LogP contribution in [0.4, 0.5) is 0 Å². The molecule has 88 valence electrons. The molecule has 1 N–H and O–H groups in total. The van der Waals surface area contributed by atoms with Gasteiger partial charge in [-0.25, -0.2) is 4.98 Å². The van der Waals surface area contributed by atoms with Crippen LogP contribution in [0, 0.1) is 27.7 Å². The van der Waals surface area contributed by atoms with Gasteiger partial charge in [0.2, 0.25) is 0 Å². The Morgan fingerprint density at radius 3 is 2.24 bits per heavy atom. The molecule has 0 bridgehead atoms. The van der Waals surface area contributed by atoms with Crippen LogP contribution in [0.15, 0.2) is 23.0 Å². The molecular weight excluding hydrogens is 212 g/mol. The molecule has 3 heteroatoms. The Morgan fingerprint density at radius 1 is 0.941 bits per heavy atom. The molecule has 0 unspecified atom stereocenters. The molecule has 1 heterocycles. The van der Waals surface area contributed by atoms with Crippen LogP contribution >= 0.6 is 0 Å². The van der Waals surface area contributed by atoms with E-state index in [-0.39, 0.29) is 5.56 Å². The van der Waals surface area contributed by atoms with E-state index in [4.69, 9.17) is 0 Å². The van der Waals surface area contributed by atoms with Crippen LogP contribution in [0.3, 0.4) is 0 Å². The second-order valence-corrected chi connectivity index (χ2v) is 4.47. The minimum atomic E-state index is -0.106. The third kappa shape index (κ3) is 2.28. The summed E-state index contributed by atoms with van der Waals surface area (Å²) in [6, 6.07) is 5.76. The smallest absolute Gasteiger partial charge is 0.251 e. The van der Waals surface area contributed by atoms with Gasteiger partial charge in [-0.3, -0.25) is 4.79 Å². The van der Waals surface area contributed by atoms with Crippen LogP contribution in [0.25, 0.3) is 11.3 Å². The molecule has 0 saturated carbocycles. The number of hydrogen-bond donors (Lipinski definition) is 1. The molecule has 2 rings (SSSR count). The molecule has 0 spiro atoms. The first-order valence-corrected chi connectivity index (χ1v) is 5.63. The monoisotopic (exact) mass is 228 g/mol. The Balaban J connectivity index is 2.68. The minimum absolute atomic E-state index is 0.106. The Morgan fingerprint density at radius 2 is 1.59 bits per heavy atom. The van der Waals surface area contributed by atoms with Gasteiger partial charge in [-0.15, -0.1) is 0 Å². The number of aromatic nitrogens is 2. The second kappa shape index (κ2) is 4.17. The normalized spacial score (nSPS) is 10.6. The Bertz CT molecular complexity index is 627.